The zero-order valence-electron chi connectivity index (χ0n) is 13.0. The number of rotatable bonds is 6. The van der Waals surface area contributed by atoms with Crippen LogP contribution < -0.4 is 5.32 Å². The molecule has 0 fully saturated rings. The minimum atomic E-state index is -3.13. The van der Waals surface area contributed by atoms with Gasteiger partial charge in [0.1, 0.15) is 0 Å². The maximum Gasteiger partial charge on any atom is 0.214 e. The van der Waals surface area contributed by atoms with E-state index in [0.29, 0.717) is 25.6 Å². The van der Waals surface area contributed by atoms with Crippen LogP contribution in [0.5, 0.6) is 0 Å². The zero-order chi connectivity index (χ0) is 15.3. The predicted octanol–water partition coefficient (Wildman–Crippen LogP) is 1.81. The summed E-state index contributed by atoms with van der Waals surface area (Å²) < 4.78 is 26.5. The summed E-state index contributed by atoms with van der Waals surface area (Å²) in [5.41, 5.74) is 2.58. The first kappa shape index (κ1) is 16.5. The molecule has 0 amide bonds. The number of nitrogens with one attached hydrogen (secondary N) is 1. The molecule has 21 heavy (non-hydrogen) atoms. The molecule has 0 spiro atoms. The monoisotopic (exact) mass is 310 g/mol. The minimum absolute atomic E-state index is 0.239. The first-order valence-electron chi connectivity index (χ1n) is 7.77. The fourth-order valence-electron chi connectivity index (χ4n) is 2.70. The van der Waals surface area contributed by atoms with Crippen molar-refractivity contribution in [3.8, 4) is 0 Å². The lowest BCUT2D eigenvalue weighted by Gasteiger charge is -2.20. The van der Waals surface area contributed by atoms with Gasteiger partial charge in [0, 0.05) is 19.1 Å². The highest BCUT2D eigenvalue weighted by Crippen LogP contribution is 2.17. The highest BCUT2D eigenvalue weighted by Gasteiger charge is 2.24. The van der Waals surface area contributed by atoms with Crippen molar-refractivity contribution >= 4 is 10.0 Å². The number of hydrogen-bond donors (Lipinski definition) is 1. The highest BCUT2D eigenvalue weighted by molar-refractivity contribution is 7.89. The van der Waals surface area contributed by atoms with Crippen LogP contribution in [-0.4, -0.2) is 44.2 Å². The van der Waals surface area contributed by atoms with Gasteiger partial charge in [0.15, 0.2) is 0 Å². The Balaban J connectivity index is 1.90. The fraction of sp³-hybridized carbons (Fsp3) is 0.625. The second kappa shape index (κ2) is 7.38. The SMILES string of the molecule is CC(C)NCCCS(=O)(=O)N1CCc2ccccc2CC1. The van der Waals surface area contributed by atoms with Crippen molar-refractivity contribution in [2.24, 2.45) is 0 Å². The van der Waals surface area contributed by atoms with Gasteiger partial charge < -0.3 is 5.32 Å². The molecule has 0 atom stereocenters. The summed E-state index contributed by atoms with van der Waals surface area (Å²) in [7, 11) is -3.13. The van der Waals surface area contributed by atoms with E-state index in [1.807, 2.05) is 12.1 Å². The Morgan fingerprint density at radius 1 is 1.14 bits per heavy atom. The molecular weight excluding hydrogens is 284 g/mol. The molecule has 0 aromatic heterocycles. The van der Waals surface area contributed by atoms with E-state index < -0.39 is 10.0 Å². The molecule has 2 rings (SSSR count). The number of sulfonamides is 1. The van der Waals surface area contributed by atoms with Gasteiger partial charge in [0.2, 0.25) is 10.0 Å². The van der Waals surface area contributed by atoms with Crippen LogP contribution in [-0.2, 0) is 22.9 Å². The fourth-order valence-corrected chi connectivity index (χ4v) is 4.21. The van der Waals surface area contributed by atoms with Crippen molar-refractivity contribution in [1.82, 2.24) is 9.62 Å². The van der Waals surface area contributed by atoms with Gasteiger partial charge in [0.05, 0.1) is 5.75 Å². The third-order valence-electron chi connectivity index (χ3n) is 3.90. The average Bonchev–Trinajstić information content (AvgIpc) is 2.66. The lowest BCUT2D eigenvalue weighted by Crippen LogP contribution is -2.36. The highest BCUT2D eigenvalue weighted by atomic mass is 32.2. The van der Waals surface area contributed by atoms with Crippen LogP contribution in [0.3, 0.4) is 0 Å². The average molecular weight is 310 g/mol. The van der Waals surface area contributed by atoms with E-state index in [1.165, 1.54) is 11.1 Å². The Bertz CT molecular complexity index is 528. The quantitative estimate of drug-likeness (QED) is 0.815. The van der Waals surface area contributed by atoms with Gasteiger partial charge in [-0.05, 0) is 36.9 Å². The van der Waals surface area contributed by atoms with Gasteiger partial charge in [-0.2, -0.15) is 0 Å². The molecule has 0 bridgehead atoms. The van der Waals surface area contributed by atoms with Gasteiger partial charge in [-0.15, -0.1) is 0 Å². The first-order chi connectivity index (χ1) is 9.99. The molecule has 1 aliphatic heterocycles. The summed E-state index contributed by atoms with van der Waals surface area (Å²) in [6, 6.07) is 8.68. The van der Waals surface area contributed by atoms with Crippen LogP contribution in [0.15, 0.2) is 24.3 Å². The maximum atomic E-state index is 12.4. The van der Waals surface area contributed by atoms with Crippen LogP contribution in [0.4, 0.5) is 0 Å². The van der Waals surface area contributed by atoms with Crippen LogP contribution in [0.2, 0.25) is 0 Å². The second-order valence-electron chi connectivity index (χ2n) is 5.95. The molecule has 1 aromatic rings. The zero-order valence-corrected chi connectivity index (χ0v) is 13.8. The van der Waals surface area contributed by atoms with Gasteiger partial charge >= 0.3 is 0 Å². The Labute approximate surface area is 128 Å². The summed E-state index contributed by atoms with van der Waals surface area (Å²) in [6.07, 6.45) is 2.31. The summed E-state index contributed by atoms with van der Waals surface area (Å²) >= 11 is 0. The topological polar surface area (TPSA) is 49.4 Å². The van der Waals surface area contributed by atoms with Gasteiger partial charge in [-0.3, -0.25) is 0 Å². The van der Waals surface area contributed by atoms with E-state index in [4.69, 9.17) is 0 Å². The Kier molecular flexibility index (Phi) is 5.79. The van der Waals surface area contributed by atoms with E-state index in [2.05, 4.69) is 31.3 Å². The number of benzene rings is 1. The number of nitrogens with zero attached hydrogens (tertiary/aromatic N) is 1. The molecular formula is C16H26N2O2S. The molecule has 1 heterocycles. The van der Waals surface area contributed by atoms with Crippen LogP contribution >= 0.6 is 0 Å². The van der Waals surface area contributed by atoms with E-state index in [-0.39, 0.29) is 5.75 Å². The van der Waals surface area contributed by atoms with Crippen molar-refractivity contribution in [2.75, 3.05) is 25.4 Å². The van der Waals surface area contributed by atoms with E-state index in [1.54, 1.807) is 4.31 Å². The lowest BCUT2D eigenvalue weighted by atomic mass is 10.0. The number of fused-ring (bicyclic) bond motifs is 1. The van der Waals surface area contributed by atoms with Crippen molar-refractivity contribution in [1.29, 1.82) is 0 Å². The van der Waals surface area contributed by atoms with Gasteiger partial charge in [-0.25, -0.2) is 12.7 Å². The number of hydrogen-bond acceptors (Lipinski definition) is 3. The van der Waals surface area contributed by atoms with Crippen molar-refractivity contribution in [3.63, 3.8) is 0 Å². The molecule has 1 N–H and O–H groups in total. The summed E-state index contributed by atoms with van der Waals surface area (Å²) in [4.78, 5) is 0. The summed E-state index contributed by atoms with van der Waals surface area (Å²) in [6.45, 7) is 6.11. The van der Waals surface area contributed by atoms with Gasteiger partial charge in [-0.1, -0.05) is 38.1 Å². The van der Waals surface area contributed by atoms with E-state index in [9.17, 15) is 8.42 Å². The molecule has 0 saturated heterocycles. The summed E-state index contributed by atoms with van der Waals surface area (Å²) in [5, 5.41) is 3.26. The Morgan fingerprint density at radius 3 is 2.24 bits per heavy atom. The molecule has 0 unspecified atom stereocenters. The molecule has 1 aliphatic rings. The van der Waals surface area contributed by atoms with E-state index >= 15 is 0 Å². The van der Waals surface area contributed by atoms with Crippen LogP contribution in [0.1, 0.15) is 31.4 Å². The molecule has 1 aromatic carbocycles. The lowest BCUT2D eigenvalue weighted by molar-refractivity contribution is 0.424. The van der Waals surface area contributed by atoms with Crippen LogP contribution in [0, 0.1) is 0 Å². The largest absolute Gasteiger partial charge is 0.314 e. The van der Waals surface area contributed by atoms with Crippen molar-refractivity contribution in [3.05, 3.63) is 35.4 Å². The smallest absolute Gasteiger partial charge is 0.214 e. The van der Waals surface area contributed by atoms with Gasteiger partial charge in [0.25, 0.3) is 0 Å². The molecule has 5 heteroatoms. The third-order valence-corrected chi connectivity index (χ3v) is 5.86. The standard InChI is InChI=1S/C16H26N2O2S/c1-14(2)17-10-5-13-21(19,20)18-11-8-15-6-3-4-7-16(15)9-12-18/h3-4,6-7,14,17H,5,8-13H2,1-2H3. The Hall–Kier alpha value is -0.910. The first-order valence-corrected chi connectivity index (χ1v) is 9.38. The molecule has 4 nitrogen and oxygen atoms in total. The third kappa shape index (κ3) is 4.80. The molecule has 0 radical (unpaired) electrons. The molecule has 0 saturated carbocycles. The predicted molar refractivity (Wildman–Crippen MR) is 87.0 cm³/mol. The second-order valence-corrected chi connectivity index (χ2v) is 8.03. The summed E-state index contributed by atoms with van der Waals surface area (Å²) in [5.74, 6) is 0.239. The molecule has 0 aliphatic carbocycles. The van der Waals surface area contributed by atoms with E-state index in [0.717, 1.165) is 19.4 Å². The van der Waals surface area contributed by atoms with Crippen molar-refractivity contribution in [2.45, 2.75) is 39.2 Å². The van der Waals surface area contributed by atoms with Crippen LogP contribution in [0.25, 0.3) is 0 Å². The maximum absolute atomic E-state index is 12.4. The normalized spacial score (nSPS) is 16.7. The van der Waals surface area contributed by atoms with Crippen molar-refractivity contribution < 1.29 is 8.42 Å². The molecule has 118 valence electrons. The minimum Gasteiger partial charge on any atom is -0.314 e. The Morgan fingerprint density at radius 2 is 1.71 bits per heavy atom.